The van der Waals surface area contributed by atoms with Crippen LogP contribution in [0.1, 0.15) is 15.9 Å². The highest BCUT2D eigenvalue weighted by molar-refractivity contribution is 6.13. The van der Waals surface area contributed by atoms with Crippen molar-refractivity contribution in [1.82, 2.24) is 4.98 Å². The number of rotatable bonds is 3. The summed E-state index contributed by atoms with van der Waals surface area (Å²) in [6.45, 7) is 2.05. The van der Waals surface area contributed by atoms with Gasteiger partial charge in [0.1, 0.15) is 0 Å². The van der Waals surface area contributed by atoms with Crippen molar-refractivity contribution >= 4 is 33.3 Å². The van der Waals surface area contributed by atoms with E-state index >= 15 is 0 Å². The molecule has 5 aromatic rings. The molecular formula is C27H20N2O. The third kappa shape index (κ3) is 3.42. The summed E-state index contributed by atoms with van der Waals surface area (Å²) >= 11 is 0. The molecule has 0 saturated heterocycles. The first kappa shape index (κ1) is 18.1. The van der Waals surface area contributed by atoms with Gasteiger partial charge in [-0.05, 0) is 48.0 Å². The van der Waals surface area contributed by atoms with E-state index in [-0.39, 0.29) is 5.91 Å². The van der Waals surface area contributed by atoms with Crippen molar-refractivity contribution < 1.29 is 4.79 Å². The van der Waals surface area contributed by atoms with Crippen LogP contribution in [0.15, 0.2) is 97.1 Å². The van der Waals surface area contributed by atoms with E-state index < -0.39 is 0 Å². The lowest BCUT2D eigenvalue weighted by molar-refractivity contribution is 0.102. The van der Waals surface area contributed by atoms with E-state index in [2.05, 4.69) is 30.4 Å². The molecule has 0 aliphatic rings. The van der Waals surface area contributed by atoms with Crippen molar-refractivity contribution in [2.75, 3.05) is 5.32 Å². The summed E-state index contributed by atoms with van der Waals surface area (Å²) in [5.74, 6) is -0.141. The van der Waals surface area contributed by atoms with Crippen molar-refractivity contribution in [3.63, 3.8) is 0 Å². The monoisotopic (exact) mass is 388 g/mol. The smallest absolute Gasteiger partial charge is 0.256 e. The Kier molecular flexibility index (Phi) is 4.49. The minimum Gasteiger partial charge on any atom is -0.322 e. The largest absolute Gasteiger partial charge is 0.322 e. The number of benzene rings is 4. The number of para-hydroxylation sites is 1. The van der Waals surface area contributed by atoms with Crippen LogP contribution in [0.5, 0.6) is 0 Å². The molecule has 4 aromatic carbocycles. The van der Waals surface area contributed by atoms with Gasteiger partial charge in [-0.15, -0.1) is 0 Å². The van der Waals surface area contributed by atoms with Gasteiger partial charge in [0, 0.05) is 16.6 Å². The lowest BCUT2D eigenvalue weighted by Gasteiger charge is -2.11. The molecule has 1 aromatic heterocycles. The Morgan fingerprint density at radius 2 is 1.57 bits per heavy atom. The Labute approximate surface area is 175 Å². The third-order valence-corrected chi connectivity index (χ3v) is 5.28. The topological polar surface area (TPSA) is 42.0 Å². The number of amides is 1. The third-order valence-electron chi connectivity index (χ3n) is 5.28. The Hall–Kier alpha value is -3.98. The quantitative estimate of drug-likeness (QED) is 0.377. The van der Waals surface area contributed by atoms with Crippen LogP contribution in [-0.2, 0) is 0 Å². The zero-order chi connectivity index (χ0) is 20.5. The lowest BCUT2D eigenvalue weighted by atomic mass is 10.0. The highest BCUT2D eigenvalue weighted by Gasteiger charge is 2.14. The minimum atomic E-state index is -0.141. The highest BCUT2D eigenvalue weighted by Crippen LogP contribution is 2.27. The van der Waals surface area contributed by atoms with E-state index in [0.29, 0.717) is 5.56 Å². The molecule has 3 nitrogen and oxygen atoms in total. The predicted molar refractivity (Wildman–Crippen MR) is 124 cm³/mol. The predicted octanol–water partition coefficient (Wildman–Crippen LogP) is 6.62. The number of fused-ring (bicyclic) bond motifs is 2. The molecule has 1 N–H and O–H groups in total. The van der Waals surface area contributed by atoms with Gasteiger partial charge in [0.25, 0.3) is 5.91 Å². The molecule has 144 valence electrons. The molecule has 0 bridgehead atoms. The SMILES string of the molecule is Cc1cccc(-c2cc(C(=O)Nc3ccc4ccccc4c3)c3ccccc3n2)c1. The molecule has 30 heavy (non-hydrogen) atoms. The fourth-order valence-corrected chi connectivity index (χ4v) is 3.78. The van der Waals surface area contributed by atoms with E-state index in [1.54, 1.807) is 0 Å². The van der Waals surface area contributed by atoms with Crippen LogP contribution >= 0.6 is 0 Å². The maximum atomic E-state index is 13.3. The van der Waals surface area contributed by atoms with E-state index in [4.69, 9.17) is 4.98 Å². The van der Waals surface area contributed by atoms with Gasteiger partial charge < -0.3 is 5.32 Å². The number of anilines is 1. The van der Waals surface area contributed by atoms with Gasteiger partial charge in [0.15, 0.2) is 0 Å². The molecule has 0 atom stereocenters. The number of nitrogens with zero attached hydrogens (tertiary/aromatic N) is 1. The molecule has 0 saturated carbocycles. The number of nitrogens with one attached hydrogen (secondary N) is 1. The second-order valence-electron chi connectivity index (χ2n) is 7.46. The number of carbonyl (C=O) groups excluding carboxylic acids is 1. The second-order valence-corrected chi connectivity index (χ2v) is 7.46. The summed E-state index contributed by atoms with van der Waals surface area (Å²) in [6, 6.07) is 31.9. The van der Waals surface area contributed by atoms with E-state index in [9.17, 15) is 4.79 Å². The highest BCUT2D eigenvalue weighted by atomic mass is 16.1. The fourth-order valence-electron chi connectivity index (χ4n) is 3.78. The maximum Gasteiger partial charge on any atom is 0.256 e. The van der Waals surface area contributed by atoms with Crippen molar-refractivity contribution in [2.24, 2.45) is 0 Å². The minimum absolute atomic E-state index is 0.141. The van der Waals surface area contributed by atoms with Crippen LogP contribution in [0.3, 0.4) is 0 Å². The van der Waals surface area contributed by atoms with Crippen LogP contribution in [0.4, 0.5) is 5.69 Å². The summed E-state index contributed by atoms with van der Waals surface area (Å²) in [4.78, 5) is 18.1. The number of hydrogen-bond donors (Lipinski definition) is 1. The Bertz CT molecular complexity index is 1400. The van der Waals surface area contributed by atoms with Gasteiger partial charge in [0.05, 0.1) is 16.8 Å². The zero-order valence-corrected chi connectivity index (χ0v) is 16.6. The van der Waals surface area contributed by atoms with Crippen LogP contribution in [0, 0.1) is 6.92 Å². The molecule has 0 radical (unpaired) electrons. The summed E-state index contributed by atoms with van der Waals surface area (Å²) in [7, 11) is 0. The van der Waals surface area contributed by atoms with Crippen LogP contribution in [-0.4, -0.2) is 10.9 Å². The molecule has 5 rings (SSSR count). The summed E-state index contributed by atoms with van der Waals surface area (Å²) < 4.78 is 0. The van der Waals surface area contributed by atoms with Gasteiger partial charge in [-0.1, -0.05) is 72.3 Å². The fraction of sp³-hybridized carbons (Fsp3) is 0.0370. The van der Waals surface area contributed by atoms with Gasteiger partial charge in [-0.25, -0.2) is 4.98 Å². The van der Waals surface area contributed by atoms with Crippen molar-refractivity contribution in [1.29, 1.82) is 0 Å². The average molecular weight is 388 g/mol. The molecule has 0 spiro atoms. The number of aromatic nitrogens is 1. The molecule has 1 heterocycles. The average Bonchev–Trinajstić information content (AvgIpc) is 2.78. The molecular weight excluding hydrogens is 368 g/mol. The van der Waals surface area contributed by atoms with Gasteiger partial charge in [-0.3, -0.25) is 4.79 Å². The van der Waals surface area contributed by atoms with Gasteiger partial charge in [-0.2, -0.15) is 0 Å². The first-order valence-electron chi connectivity index (χ1n) is 9.94. The Morgan fingerprint density at radius 3 is 2.43 bits per heavy atom. The first-order chi connectivity index (χ1) is 14.7. The number of aryl methyl sites for hydroxylation is 1. The summed E-state index contributed by atoms with van der Waals surface area (Å²) in [6.07, 6.45) is 0. The molecule has 0 unspecified atom stereocenters. The molecule has 0 aliphatic heterocycles. The van der Waals surface area contributed by atoms with E-state index in [1.807, 2.05) is 78.9 Å². The van der Waals surface area contributed by atoms with E-state index in [0.717, 1.165) is 44.2 Å². The molecule has 3 heteroatoms. The van der Waals surface area contributed by atoms with Crippen molar-refractivity contribution in [3.8, 4) is 11.3 Å². The summed E-state index contributed by atoms with van der Waals surface area (Å²) in [5.41, 5.74) is 5.15. The zero-order valence-electron chi connectivity index (χ0n) is 16.6. The standard InChI is InChI=1S/C27H20N2O/c1-18-7-6-10-21(15-18)26-17-24(23-11-4-5-12-25(23)29-26)27(30)28-22-14-13-19-8-2-3-9-20(19)16-22/h2-17H,1H3,(H,28,30). The van der Waals surface area contributed by atoms with Crippen LogP contribution < -0.4 is 5.32 Å². The van der Waals surface area contributed by atoms with Crippen molar-refractivity contribution in [3.05, 3.63) is 108 Å². The first-order valence-corrected chi connectivity index (χ1v) is 9.94. The second kappa shape index (κ2) is 7.45. The molecule has 1 amide bonds. The van der Waals surface area contributed by atoms with Crippen molar-refractivity contribution in [2.45, 2.75) is 6.92 Å². The van der Waals surface area contributed by atoms with Gasteiger partial charge >= 0.3 is 0 Å². The maximum absolute atomic E-state index is 13.3. The number of pyridine rings is 1. The summed E-state index contributed by atoms with van der Waals surface area (Å²) in [5, 5.41) is 6.14. The Morgan fingerprint density at radius 1 is 0.767 bits per heavy atom. The van der Waals surface area contributed by atoms with Crippen LogP contribution in [0.2, 0.25) is 0 Å². The Balaban J connectivity index is 1.58. The lowest BCUT2D eigenvalue weighted by Crippen LogP contribution is -2.13. The molecule has 0 aliphatic carbocycles. The number of hydrogen-bond acceptors (Lipinski definition) is 2. The normalized spacial score (nSPS) is 11.0. The van der Waals surface area contributed by atoms with E-state index in [1.165, 1.54) is 0 Å². The van der Waals surface area contributed by atoms with Crippen LogP contribution in [0.25, 0.3) is 32.9 Å². The molecule has 0 fully saturated rings. The van der Waals surface area contributed by atoms with Gasteiger partial charge in [0.2, 0.25) is 0 Å². The number of carbonyl (C=O) groups is 1.